The van der Waals surface area contributed by atoms with E-state index in [9.17, 15) is 29.7 Å². The molecule has 0 aliphatic rings. The summed E-state index contributed by atoms with van der Waals surface area (Å²) in [5.74, 6) is -1.84. The minimum atomic E-state index is -1.17. The van der Waals surface area contributed by atoms with Crippen molar-refractivity contribution in [2.24, 2.45) is 0 Å². The molecule has 0 aliphatic carbocycles. The Kier molecular flexibility index (Phi) is 13.1. The molecule has 2 unspecified atom stereocenters. The van der Waals surface area contributed by atoms with Crippen LogP contribution in [0.1, 0.15) is 20.7 Å². The van der Waals surface area contributed by atoms with E-state index in [1.807, 2.05) is 67.8 Å². The highest BCUT2D eigenvalue weighted by Crippen LogP contribution is 2.37. The van der Waals surface area contributed by atoms with E-state index in [0.29, 0.717) is 7.14 Å². The first-order chi connectivity index (χ1) is 15.8. The number of amides is 3. The molecular weight excluding hydrogens is 791 g/mol. The van der Waals surface area contributed by atoms with Crippen molar-refractivity contribution in [1.82, 2.24) is 9.80 Å². The average Bonchev–Trinajstić information content (AvgIpc) is 2.80. The minimum Gasteiger partial charge on any atom is -0.394 e. The third-order valence-corrected chi connectivity index (χ3v) is 7.82. The normalized spacial score (nSPS) is 12.6. The van der Waals surface area contributed by atoms with Crippen molar-refractivity contribution in [3.63, 3.8) is 0 Å². The lowest BCUT2D eigenvalue weighted by Crippen LogP contribution is -2.39. The Morgan fingerprint density at radius 1 is 0.853 bits per heavy atom. The Morgan fingerprint density at radius 2 is 1.24 bits per heavy atom. The number of anilines is 1. The molecule has 0 saturated carbocycles. The van der Waals surface area contributed by atoms with E-state index in [1.165, 1.54) is 23.9 Å². The number of benzene rings is 1. The summed E-state index contributed by atoms with van der Waals surface area (Å²) >= 11 is 5.57. The summed E-state index contributed by atoms with van der Waals surface area (Å²) in [5, 5.41) is 49.6. The number of nitrogens with one attached hydrogen (secondary N) is 1. The van der Waals surface area contributed by atoms with Crippen LogP contribution in [0.5, 0.6) is 0 Å². The number of rotatable bonds is 11. The van der Waals surface area contributed by atoms with Gasteiger partial charge in [0.25, 0.3) is 17.7 Å². The van der Waals surface area contributed by atoms with Crippen LogP contribution in [0.3, 0.4) is 0 Å². The smallest absolute Gasteiger partial charge is 0.255 e. The Bertz CT molecular complexity index is 902. The largest absolute Gasteiger partial charge is 0.394 e. The van der Waals surface area contributed by atoms with E-state index < -0.39 is 49.8 Å². The van der Waals surface area contributed by atoms with Gasteiger partial charge in [-0.3, -0.25) is 14.4 Å². The summed E-state index contributed by atoms with van der Waals surface area (Å²) < 4.78 is 0.905. The second-order valence-corrected chi connectivity index (χ2v) is 10.6. The first kappa shape index (κ1) is 31.4. The first-order valence-electron chi connectivity index (χ1n) is 9.71. The second-order valence-electron chi connectivity index (χ2n) is 7.33. The third kappa shape index (κ3) is 7.68. The van der Waals surface area contributed by atoms with Crippen molar-refractivity contribution in [2.45, 2.75) is 12.2 Å². The number of halogens is 3. The molecule has 6 N–H and O–H groups in total. The van der Waals surface area contributed by atoms with Crippen LogP contribution in [-0.2, 0) is 4.79 Å². The van der Waals surface area contributed by atoms with Crippen LogP contribution in [0.2, 0.25) is 0 Å². The second kappa shape index (κ2) is 14.2. The number of carbonyl (C=O) groups is 3. The van der Waals surface area contributed by atoms with Crippen molar-refractivity contribution in [2.75, 3.05) is 52.3 Å². The molecule has 1 aromatic rings. The Labute approximate surface area is 237 Å². The van der Waals surface area contributed by atoms with Crippen LogP contribution in [0.15, 0.2) is 12.2 Å². The summed E-state index contributed by atoms with van der Waals surface area (Å²) in [4.78, 5) is 41.4. The van der Waals surface area contributed by atoms with Gasteiger partial charge in [0.2, 0.25) is 0 Å². The van der Waals surface area contributed by atoms with Crippen molar-refractivity contribution >= 4 is 91.2 Å². The highest BCUT2D eigenvalue weighted by Gasteiger charge is 2.32. The van der Waals surface area contributed by atoms with E-state index >= 15 is 0 Å². The molecule has 0 aromatic heterocycles. The third-order valence-electron chi connectivity index (χ3n) is 4.58. The van der Waals surface area contributed by atoms with Gasteiger partial charge < -0.3 is 40.6 Å². The Hall–Kier alpha value is -0.640. The molecule has 0 saturated heterocycles. The maximum atomic E-state index is 13.3. The zero-order valence-electron chi connectivity index (χ0n) is 18.4. The number of carbonyl (C=O) groups excluding carboxylic acids is 3. The van der Waals surface area contributed by atoms with Crippen LogP contribution in [0.25, 0.3) is 0 Å². The zero-order valence-corrected chi connectivity index (χ0v) is 24.9. The van der Waals surface area contributed by atoms with Gasteiger partial charge in [0.05, 0.1) is 56.0 Å². The molecule has 0 bridgehead atoms. The van der Waals surface area contributed by atoms with Crippen LogP contribution in [0.4, 0.5) is 5.69 Å². The fourth-order valence-electron chi connectivity index (χ4n) is 2.72. The fourth-order valence-corrected chi connectivity index (χ4v) is 7.08. The molecule has 0 aliphatic heterocycles. The van der Waals surface area contributed by atoms with Gasteiger partial charge in [-0.05, 0) is 67.8 Å². The molecule has 1 aromatic carbocycles. The maximum absolute atomic E-state index is 13.3. The number of likely N-dealkylation sites (N-methyl/N-ethyl adjacent to an activating group) is 2. The van der Waals surface area contributed by atoms with Crippen molar-refractivity contribution in [3.05, 3.63) is 34.0 Å². The molecule has 0 heterocycles. The Balaban J connectivity index is 3.73. The SMILES string of the molecule is C=C(CO)C(=O)Nc1c(I)c(C(=O)N(C)CC(O)CO)c(I)c(C(=O)N(C)CC(O)CO)c1I. The van der Waals surface area contributed by atoms with Crippen molar-refractivity contribution < 1.29 is 39.9 Å². The average molecular weight is 817 g/mol. The first-order valence-corrected chi connectivity index (χ1v) is 12.9. The lowest BCUT2D eigenvalue weighted by atomic mass is 10.1. The van der Waals surface area contributed by atoms with E-state index in [0.717, 1.165) is 0 Å². The van der Waals surface area contributed by atoms with Gasteiger partial charge in [-0.15, -0.1) is 0 Å². The molecule has 1 rings (SSSR count). The minimum absolute atomic E-state index is 0.0821. The number of nitrogens with zero attached hydrogens (tertiary/aromatic N) is 2. The van der Waals surface area contributed by atoms with Gasteiger partial charge >= 0.3 is 0 Å². The lowest BCUT2D eigenvalue weighted by molar-refractivity contribution is -0.113. The topological polar surface area (TPSA) is 171 Å². The molecular formula is C20H26I3N3O8. The van der Waals surface area contributed by atoms with E-state index in [1.54, 1.807) is 0 Å². The summed E-state index contributed by atoms with van der Waals surface area (Å²) in [6, 6.07) is 0. The van der Waals surface area contributed by atoms with Crippen LogP contribution >= 0.6 is 67.8 Å². The quantitative estimate of drug-likeness (QED) is 0.132. The molecule has 0 fully saturated rings. The number of aliphatic hydroxyl groups is 5. The number of aliphatic hydroxyl groups excluding tert-OH is 5. The predicted molar refractivity (Wildman–Crippen MR) is 150 cm³/mol. The predicted octanol–water partition coefficient (Wildman–Crippen LogP) is -0.162. The van der Waals surface area contributed by atoms with Gasteiger partial charge in [0.15, 0.2) is 0 Å². The summed E-state index contributed by atoms with van der Waals surface area (Å²) in [5.41, 5.74) is 0.189. The van der Waals surface area contributed by atoms with Crippen molar-refractivity contribution in [3.8, 4) is 0 Å². The molecule has 190 valence electrons. The fraction of sp³-hybridized carbons (Fsp3) is 0.450. The molecule has 3 amide bonds. The van der Waals surface area contributed by atoms with Crippen molar-refractivity contribution in [1.29, 1.82) is 0 Å². The van der Waals surface area contributed by atoms with Crippen LogP contribution in [0, 0.1) is 10.7 Å². The summed E-state index contributed by atoms with van der Waals surface area (Å²) in [6.45, 7) is 1.43. The molecule has 0 radical (unpaired) electrons. The molecule has 14 heteroatoms. The molecule has 34 heavy (non-hydrogen) atoms. The maximum Gasteiger partial charge on any atom is 0.255 e. The standard InChI is InChI=1S/C20H26I3N3O8/c1-9(6-27)18(32)24-17-15(22)12(19(33)25(2)4-10(30)7-28)14(21)13(16(17)23)20(34)26(3)5-11(31)8-29/h10-11,27-31H,1,4-8H2,2-3H3,(H,24,32). The molecule has 0 spiro atoms. The van der Waals surface area contributed by atoms with Crippen LogP contribution in [-0.4, -0.2) is 112 Å². The van der Waals surface area contributed by atoms with E-state index in [-0.39, 0.29) is 39.0 Å². The van der Waals surface area contributed by atoms with E-state index in [2.05, 4.69) is 11.9 Å². The number of hydrogen-bond acceptors (Lipinski definition) is 8. The van der Waals surface area contributed by atoms with Gasteiger partial charge in [-0.2, -0.15) is 0 Å². The van der Waals surface area contributed by atoms with Gasteiger partial charge in [-0.25, -0.2) is 0 Å². The Morgan fingerprint density at radius 3 is 1.56 bits per heavy atom. The van der Waals surface area contributed by atoms with Gasteiger partial charge in [-0.1, -0.05) is 6.58 Å². The number of hydrogen-bond donors (Lipinski definition) is 6. The molecule has 2 atom stereocenters. The van der Waals surface area contributed by atoms with Gasteiger partial charge in [0.1, 0.15) is 0 Å². The summed E-state index contributed by atoms with van der Waals surface area (Å²) in [6.07, 6.45) is -2.35. The highest BCUT2D eigenvalue weighted by molar-refractivity contribution is 14.1. The molecule has 11 nitrogen and oxygen atoms in total. The highest BCUT2D eigenvalue weighted by atomic mass is 127. The monoisotopic (exact) mass is 817 g/mol. The van der Waals surface area contributed by atoms with Crippen LogP contribution < -0.4 is 5.32 Å². The van der Waals surface area contributed by atoms with Gasteiger partial charge in [0, 0.05) is 36.3 Å². The summed E-state index contributed by atoms with van der Waals surface area (Å²) in [7, 11) is 2.84. The lowest BCUT2D eigenvalue weighted by Gasteiger charge is -2.26. The zero-order chi connectivity index (χ0) is 26.3. The van der Waals surface area contributed by atoms with E-state index in [4.69, 9.17) is 10.2 Å².